The van der Waals surface area contributed by atoms with Crippen molar-refractivity contribution in [2.75, 3.05) is 17.3 Å². The van der Waals surface area contributed by atoms with Crippen molar-refractivity contribution in [2.45, 2.75) is 13.3 Å². The lowest BCUT2D eigenvalue weighted by Gasteiger charge is -2.23. The van der Waals surface area contributed by atoms with Gasteiger partial charge in [0.1, 0.15) is 5.82 Å². The maximum absolute atomic E-state index is 14.0. The number of carbonyl (C=O) groups is 1. The smallest absolute Gasteiger partial charge is 0.228 e. The summed E-state index contributed by atoms with van der Waals surface area (Å²) in [5.41, 5.74) is 6.77. The highest BCUT2D eigenvalue weighted by Gasteiger charge is 2.15. The largest absolute Gasteiger partial charge is 0.361 e. The minimum Gasteiger partial charge on any atom is -0.361 e. The van der Waals surface area contributed by atoms with Gasteiger partial charge in [0.05, 0.1) is 18.3 Å². The van der Waals surface area contributed by atoms with Crippen LogP contribution in [0.25, 0.3) is 22.0 Å². The van der Waals surface area contributed by atoms with Gasteiger partial charge >= 0.3 is 0 Å². The van der Waals surface area contributed by atoms with Gasteiger partial charge in [-0.1, -0.05) is 24.3 Å². The van der Waals surface area contributed by atoms with Crippen molar-refractivity contribution < 1.29 is 9.18 Å². The highest BCUT2D eigenvalue weighted by molar-refractivity contribution is 5.97. The number of hydrogen-bond donors (Lipinski definition) is 2. The zero-order valence-electron chi connectivity index (χ0n) is 19.5. The molecule has 0 aliphatic heterocycles. The van der Waals surface area contributed by atoms with E-state index in [2.05, 4.69) is 15.3 Å². The molecule has 0 fully saturated rings. The Hall–Kier alpha value is -4.45. The van der Waals surface area contributed by atoms with Crippen LogP contribution in [0.2, 0.25) is 0 Å². The molecule has 0 aliphatic rings. The van der Waals surface area contributed by atoms with Crippen LogP contribution in [0.4, 0.5) is 21.5 Å². The molecule has 0 atom stereocenters. The van der Waals surface area contributed by atoms with Gasteiger partial charge in [-0.2, -0.15) is 0 Å². The number of para-hydroxylation sites is 1. The van der Waals surface area contributed by atoms with Crippen LogP contribution in [0.1, 0.15) is 11.1 Å². The lowest BCUT2D eigenvalue weighted by molar-refractivity contribution is -0.115. The predicted octanol–water partition coefficient (Wildman–Crippen LogP) is 6.63. The summed E-state index contributed by atoms with van der Waals surface area (Å²) in [6.45, 7) is 1.75. The van der Waals surface area contributed by atoms with Gasteiger partial charge in [0.2, 0.25) is 5.91 Å². The molecule has 0 bridgehead atoms. The maximum Gasteiger partial charge on any atom is 0.228 e. The molecular formula is C29H25FN4O. The van der Waals surface area contributed by atoms with Gasteiger partial charge in [0.15, 0.2) is 0 Å². The average Bonchev–Trinajstić information content (AvgIpc) is 3.28. The molecule has 5 rings (SSSR count). The van der Waals surface area contributed by atoms with Gasteiger partial charge in [-0.15, -0.1) is 0 Å². The van der Waals surface area contributed by atoms with Crippen molar-refractivity contribution in [3.63, 3.8) is 0 Å². The first kappa shape index (κ1) is 22.3. The molecule has 1 amide bonds. The average molecular weight is 465 g/mol. The van der Waals surface area contributed by atoms with Gasteiger partial charge in [0, 0.05) is 47.3 Å². The first-order chi connectivity index (χ1) is 17.0. The Balaban J connectivity index is 1.47. The molecule has 0 saturated heterocycles. The van der Waals surface area contributed by atoms with E-state index in [4.69, 9.17) is 0 Å². The van der Waals surface area contributed by atoms with Crippen molar-refractivity contribution in [3.8, 4) is 11.1 Å². The third kappa shape index (κ3) is 4.64. The number of nitrogens with one attached hydrogen (secondary N) is 2. The fourth-order valence-corrected chi connectivity index (χ4v) is 4.30. The van der Waals surface area contributed by atoms with Gasteiger partial charge in [0.25, 0.3) is 0 Å². The van der Waals surface area contributed by atoms with E-state index < -0.39 is 0 Å². The van der Waals surface area contributed by atoms with E-state index in [9.17, 15) is 9.18 Å². The van der Waals surface area contributed by atoms with E-state index in [-0.39, 0.29) is 18.1 Å². The fourth-order valence-electron chi connectivity index (χ4n) is 4.30. The number of pyridine rings is 1. The summed E-state index contributed by atoms with van der Waals surface area (Å²) in [5.74, 6) is -0.358. The van der Waals surface area contributed by atoms with Crippen LogP contribution in [-0.2, 0) is 11.2 Å². The highest BCUT2D eigenvalue weighted by Crippen LogP contribution is 2.36. The third-order valence-electron chi connectivity index (χ3n) is 6.17. The van der Waals surface area contributed by atoms with Crippen LogP contribution in [0.15, 0.2) is 91.4 Å². The van der Waals surface area contributed by atoms with Gasteiger partial charge in [-0.3, -0.25) is 9.78 Å². The number of aromatic amines is 1. The molecule has 5 aromatic rings. The molecule has 2 heterocycles. The molecule has 3 aromatic carbocycles. The number of H-pyrrole nitrogens is 1. The standard InChI is InChI=1S/C29H25FN4O/c1-19-14-20(9-11-26(19)30)25-16-22(10-12-28(25)34(2)23-6-5-13-31-18-23)33-29(35)15-21-17-32-27-8-4-3-7-24(21)27/h3-14,16-18,32H,15H2,1-2H3,(H,33,35). The number of fused-ring (bicyclic) bond motifs is 1. The molecular weight excluding hydrogens is 439 g/mol. The van der Waals surface area contributed by atoms with E-state index in [1.807, 2.05) is 78.8 Å². The molecule has 0 radical (unpaired) electrons. The molecule has 6 heteroatoms. The monoisotopic (exact) mass is 464 g/mol. The molecule has 0 unspecified atom stereocenters. The maximum atomic E-state index is 14.0. The number of rotatable bonds is 6. The topological polar surface area (TPSA) is 61.0 Å². The van der Waals surface area contributed by atoms with Crippen LogP contribution in [-0.4, -0.2) is 22.9 Å². The molecule has 0 saturated carbocycles. The van der Waals surface area contributed by atoms with Crippen LogP contribution in [0.3, 0.4) is 0 Å². The zero-order valence-corrected chi connectivity index (χ0v) is 19.5. The molecule has 2 N–H and O–H groups in total. The van der Waals surface area contributed by atoms with Crippen LogP contribution < -0.4 is 10.2 Å². The normalized spacial score (nSPS) is 10.9. The summed E-state index contributed by atoms with van der Waals surface area (Å²) in [5, 5.41) is 4.07. The molecule has 174 valence electrons. The molecule has 0 aliphatic carbocycles. The number of benzene rings is 3. The molecule has 5 nitrogen and oxygen atoms in total. The Morgan fingerprint density at radius 3 is 2.71 bits per heavy atom. The molecule has 0 spiro atoms. The fraction of sp³-hybridized carbons (Fsp3) is 0.103. The van der Waals surface area contributed by atoms with Crippen molar-refractivity contribution in [3.05, 3.63) is 108 Å². The van der Waals surface area contributed by atoms with E-state index in [0.29, 0.717) is 11.3 Å². The summed E-state index contributed by atoms with van der Waals surface area (Å²) in [6.07, 6.45) is 5.65. The first-order valence-electron chi connectivity index (χ1n) is 11.4. The minimum atomic E-state index is -0.251. The number of carbonyl (C=O) groups excluding carboxylic acids is 1. The minimum absolute atomic E-state index is 0.107. The summed E-state index contributed by atoms with van der Waals surface area (Å²) in [4.78, 5) is 22.4. The second kappa shape index (κ2) is 9.43. The van der Waals surface area contributed by atoms with Crippen LogP contribution in [0.5, 0.6) is 0 Å². The Kier molecular flexibility index (Phi) is 6.02. The highest BCUT2D eigenvalue weighted by atomic mass is 19.1. The number of aromatic nitrogens is 2. The van der Waals surface area contributed by atoms with Crippen molar-refractivity contribution in [1.29, 1.82) is 0 Å². The third-order valence-corrected chi connectivity index (χ3v) is 6.17. The number of aryl methyl sites for hydroxylation is 1. The number of hydrogen-bond acceptors (Lipinski definition) is 3. The second-order valence-electron chi connectivity index (χ2n) is 8.55. The lowest BCUT2D eigenvalue weighted by atomic mass is 9.99. The van der Waals surface area contributed by atoms with E-state index in [1.165, 1.54) is 6.07 Å². The van der Waals surface area contributed by atoms with Gasteiger partial charge < -0.3 is 15.2 Å². The quantitative estimate of drug-likeness (QED) is 0.297. The number of amides is 1. The summed E-state index contributed by atoms with van der Waals surface area (Å²) in [7, 11) is 1.96. The lowest BCUT2D eigenvalue weighted by Crippen LogP contribution is -2.15. The van der Waals surface area contributed by atoms with E-state index in [1.54, 1.807) is 25.4 Å². The SMILES string of the molecule is Cc1cc(-c2cc(NC(=O)Cc3c[nH]c4ccccc34)ccc2N(C)c2cccnc2)ccc1F. The summed E-state index contributed by atoms with van der Waals surface area (Å²) in [6, 6.07) is 22.6. The Morgan fingerprint density at radius 1 is 1.06 bits per heavy atom. The first-order valence-corrected chi connectivity index (χ1v) is 11.4. The van der Waals surface area contributed by atoms with E-state index >= 15 is 0 Å². The summed E-state index contributed by atoms with van der Waals surface area (Å²) < 4.78 is 14.0. The van der Waals surface area contributed by atoms with Gasteiger partial charge in [-0.05, 0) is 72.1 Å². The van der Waals surface area contributed by atoms with Crippen LogP contribution in [0, 0.1) is 12.7 Å². The zero-order chi connectivity index (χ0) is 24.4. The molecule has 2 aromatic heterocycles. The van der Waals surface area contributed by atoms with Crippen molar-refractivity contribution >= 4 is 33.9 Å². The Bertz CT molecular complexity index is 1510. The second-order valence-corrected chi connectivity index (χ2v) is 8.55. The Labute approximate surface area is 203 Å². The number of halogens is 1. The molecule has 35 heavy (non-hydrogen) atoms. The predicted molar refractivity (Wildman–Crippen MR) is 140 cm³/mol. The van der Waals surface area contributed by atoms with Crippen LogP contribution >= 0.6 is 0 Å². The van der Waals surface area contributed by atoms with Crippen molar-refractivity contribution in [1.82, 2.24) is 9.97 Å². The van der Waals surface area contributed by atoms with Crippen molar-refractivity contribution in [2.24, 2.45) is 0 Å². The van der Waals surface area contributed by atoms with E-state index in [0.717, 1.165) is 39.0 Å². The summed E-state index contributed by atoms with van der Waals surface area (Å²) >= 11 is 0. The number of anilines is 3. The number of nitrogens with zero attached hydrogens (tertiary/aromatic N) is 2. The Morgan fingerprint density at radius 2 is 1.91 bits per heavy atom. The van der Waals surface area contributed by atoms with Gasteiger partial charge in [-0.25, -0.2) is 4.39 Å².